The second-order valence-corrected chi connectivity index (χ2v) is 7.57. The molecule has 0 unspecified atom stereocenters. The molecule has 4 aromatic carbocycles. The number of nitrogens with one attached hydrogen (secondary N) is 2. The van der Waals surface area contributed by atoms with Gasteiger partial charge >= 0.3 is 0 Å². The molecule has 1 amide bonds. The Kier molecular flexibility index (Phi) is 5.11. The molecule has 152 valence electrons. The lowest BCUT2D eigenvalue weighted by Gasteiger charge is -2.23. The molecule has 2 N–H and O–H groups in total. The van der Waals surface area contributed by atoms with Crippen molar-refractivity contribution in [2.75, 3.05) is 22.1 Å². The number of nitrogens with zero attached hydrogens (tertiary/aromatic N) is 1. The first-order chi connectivity index (χ1) is 15.3. The van der Waals surface area contributed by atoms with Gasteiger partial charge in [0.15, 0.2) is 0 Å². The zero-order valence-electron chi connectivity index (χ0n) is 17.1. The van der Waals surface area contributed by atoms with Crippen LogP contribution >= 0.6 is 0 Å². The highest BCUT2D eigenvalue weighted by molar-refractivity contribution is 6.02. The fraction of sp³-hybridized carbons (Fsp3) is 0.0741. The Bertz CT molecular complexity index is 1250. The first kappa shape index (κ1) is 18.9. The average Bonchev–Trinajstić information content (AvgIpc) is 3.03. The lowest BCUT2D eigenvalue weighted by Crippen LogP contribution is -2.14. The lowest BCUT2D eigenvalue weighted by atomic mass is 10.1. The van der Waals surface area contributed by atoms with Crippen LogP contribution in [0.1, 0.15) is 5.56 Å². The van der Waals surface area contributed by atoms with E-state index in [-0.39, 0.29) is 5.91 Å². The van der Waals surface area contributed by atoms with E-state index in [0.717, 1.165) is 34.9 Å². The van der Waals surface area contributed by atoms with Gasteiger partial charge in [-0.05, 0) is 47.4 Å². The summed E-state index contributed by atoms with van der Waals surface area (Å²) < 4.78 is 0. The molecule has 5 rings (SSSR count). The van der Waals surface area contributed by atoms with Gasteiger partial charge in [0, 0.05) is 29.5 Å². The van der Waals surface area contributed by atoms with Crippen LogP contribution in [0.15, 0.2) is 103 Å². The summed E-state index contributed by atoms with van der Waals surface area (Å²) in [5.74, 6) is -0.0189. The largest absolute Gasteiger partial charge is 0.379 e. The van der Waals surface area contributed by atoms with Gasteiger partial charge in [-0.2, -0.15) is 0 Å². The summed E-state index contributed by atoms with van der Waals surface area (Å²) in [4.78, 5) is 14.5. The molecule has 0 fully saturated rings. The van der Waals surface area contributed by atoms with Gasteiger partial charge in [-0.3, -0.25) is 4.79 Å². The predicted octanol–water partition coefficient (Wildman–Crippen LogP) is 6.10. The van der Waals surface area contributed by atoms with E-state index in [1.165, 1.54) is 10.8 Å². The average molecular weight is 406 g/mol. The molecule has 31 heavy (non-hydrogen) atoms. The van der Waals surface area contributed by atoms with Gasteiger partial charge in [0.2, 0.25) is 5.91 Å². The minimum absolute atomic E-state index is 0.0189. The van der Waals surface area contributed by atoms with Crippen LogP contribution < -0.4 is 15.5 Å². The Morgan fingerprint density at radius 2 is 1.65 bits per heavy atom. The third-order valence-electron chi connectivity index (χ3n) is 5.45. The zero-order chi connectivity index (χ0) is 21.0. The second kappa shape index (κ2) is 8.36. The summed E-state index contributed by atoms with van der Waals surface area (Å²) in [5.41, 5.74) is 5.07. The van der Waals surface area contributed by atoms with E-state index in [9.17, 15) is 4.79 Å². The van der Waals surface area contributed by atoms with E-state index in [0.29, 0.717) is 6.42 Å². The highest BCUT2D eigenvalue weighted by Gasteiger charge is 2.16. The van der Waals surface area contributed by atoms with Gasteiger partial charge in [0.1, 0.15) is 0 Å². The number of benzene rings is 4. The third kappa shape index (κ3) is 4.01. The molecule has 4 aromatic rings. The minimum atomic E-state index is -0.0189. The molecule has 0 aliphatic carbocycles. The summed E-state index contributed by atoms with van der Waals surface area (Å²) >= 11 is 0. The fourth-order valence-corrected chi connectivity index (χ4v) is 3.96. The Hall–Kier alpha value is -4.05. The van der Waals surface area contributed by atoms with E-state index in [4.69, 9.17) is 0 Å². The van der Waals surface area contributed by atoms with Crippen molar-refractivity contribution in [3.05, 3.63) is 109 Å². The molecule has 1 aliphatic heterocycles. The molecule has 1 aliphatic rings. The van der Waals surface area contributed by atoms with Crippen molar-refractivity contribution in [3.8, 4) is 0 Å². The number of rotatable bonds is 4. The second-order valence-electron chi connectivity index (χ2n) is 7.57. The smallest absolute Gasteiger partial charge is 0.228 e. The Morgan fingerprint density at radius 3 is 2.48 bits per heavy atom. The number of fused-ring (bicyclic) bond motifs is 3. The van der Waals surface area contributed by atoms with E-state index in [1.54, 1.807) is 0 Å². The quantitative estimate of drug-likeness (QED) is 0.431. The maximum Gasteiger partial charge on any atom is 0.228 e. The maximum absolute atomic E-state index is 12.4. The van der Waals surface area contributed by atoms with Crippen molar-refractivity contribution in [1.29, 1.82) is 0 Å². The van der Waals surface area contributed by atoms with Crippen molar-refractivity contribution in [2.45, 2.75) is 6.42 Å². The SMILES string of the molecule is O=C(Cc1ccccc1)Nc1ccc(N2C=CCNc3c2ccc2ccccc32)cc1. The summed E-state index contributed by atoms with van der Waals surface area (Å²) in [6.45, 7) is 0.769. The molecular formula is C27H23N3O. The molecule has 0 aromatic heterocycles. The Morgan fingerprint density at radius 1 is 0.871 bits per heavy atom. The number of anilines is 4. The highest BCUT2D eigenvalue weighted by atomic mass is 16.1. The Balaban J connectivity index is 1.38. The molecule has 0 saturated carbocycles. The summed E-state index contributed by atoms with van der Waals surface area (Å²) in [7, 11) is 0. The van der Waals surface area contributed by atoms with E-state index in [2.05, 4.69) is 64.2 Å². The van der Waals surface area contributed by atoms with Crippen LogP contribution in [-0.2, 0) is 11.2 Å². The molecule has 1 heterocycles. The molecule has 0 atom stereocenters. The van der Waals surface area contributed by atoms with Gasteiger partial charge < -0.3 is 15.5 Å². The van der Waals surface area contributed by atoms with Crippen LogP contribution in [0.5, 0.6) is 0 Å². The van der Waals surface area contributed by atoms with Gasteiger partial charge in [0.25, 0.3) is 0 Å². The minimum Gasteiger partial charge on any atom is -0.379 e. The third-order valence-corrected chi connectivity index (χ3v) is 5.45. The topological polar surface area (TPSA) is 44.4 Å². The monoisotopic (exact) mass is 405 g/mol. The number of hydrogen-bond donors (Lipinski definition) is 2. The van der Waals surface area contributed by atoms with Crippen LogP contribution in [0.3, 0.4) is 0 Å². The maximum atomic E-state index is 12.4. The van der Waals surface area contributed by atoms with Crippen LogP contribution in [0, 0.1) is 0 Å². The Labute approximate surface area is 181 Å². The molecule has 0 radical (unpaired) electrons. The number of hydrogen-bond acceptors (Lipinski definition) is 3. The zero-order valence-corrected chi connectivity index (χ0v) is 17.1. The first-order valence-electron chi connectivity index (χ1n) is 10.4. The normalized spacial score (nSPS) is 12.7. The summed E-state index contributed by atoms with van der Waals surface area (Å²) in [5, 5.41) is 8.95. The predicted molar refractivity (Wildman–Crippen MR) is 129 cm³/mol. The summed E-state index contributed by atoms with van der Waals surface area (Å²) in [6, 6.07) is 30.5. The molecule has 0 spiro atoms. The fourth-order valence-electron chi connectivity index (χ4n) is 3.96. The van der Waals surface area contributed by atoms with Crippen molar-refractivity contribution < 1.29 is 4.79 Å². The summed E-state index contributed by atoms with van der Waals surface area (Å²) in [6.07, 6.45) is 4.57. The van der Waals surface area contributed by atoms with Crippen molar-refractivity contribution in [1.82, 2.24) is 0 Å². The van der Waals surface area contributed by atoms with Gasteiger partial charge in [-0.25, -0.2) is 0 Å². The van der Waals surface area contributed by atoms with E-state index >= 15 is 0 Å². The lowest BCUT2D eigenvalue weighted by molar-refractivity contribution is -0.115. The van der Waals surface area contributed by atoms with Crippen LogP contribution in [-0.4, -0.2) is 12.5 Å². The first-order valence-corrected chi connectivity index (χ1v) is 10.4. The van der Waals surface area contributed by atoms with Gasteiger partial charge in [0.05, 0.1) is 17.8 Å². The van der Waals surface area contributed by atoms with Crippen LogP contribution in [0.25, 0.3) is 10.8 Å². The van der Waals surface area contributed by atoms with Crippen molar-refractivity contribution in [3.63, 3.8) is 0 Å². The highest BCUT2D eigenvalue weighted by Crippen LogP contribution is 2.39. The van der Waals surface area contributed by atoms with Crippen molar-refractivity contribution in [2.24, 2.45) is 0 Å². The van der Waals surface area contributed by atoms with Crippen molar-refractivity contribution >= 4 is 39.4 Å². The number of amides is 1. The van der Waals surface area contributed by atoms with Crippen LogP contribution in [0.2, 0.25) is 0 Å². The van der Waals surface area contributed by atoms with Crippen LogP contribution in [0.4, 0.5) is 22.7 Å². The molecule has 4 heteroatoms. The van der Waals surface area contributed by atoms with E-state index < -0.39 is 0 Å². The molecule has 4 nitrogen and oxygen atoms in total. The molecule has 0 saturated heterocycles. The molecular weight excluding hydrogens is 382 g/mol. The van der Waals surface area contributed by atoms with Gasteiger partial charge in [-0.15, -0.1) is 0 Å². The standard InChI is InChI=1S/C27H23N3O/c31-26(19-20-7-2-1-3-8-20)29-22-12-14-23(15-13-22)30-18-6-17-28-27-24-10-5-4-9-21(24)11-16-25(27)30/h1-16,18,28H,17,19H2,(H,29,31). The number of carbonyl (C=O) groups is 1. The molecule has 0 bridgehead atoms. The number of carbonyl (C=O) groups excluding carboxylic acids is 1. The van der Waals surface area contributed by atoms with Gasteiger partial charge in [-0.1, -0.05) is 60.7 Å². The van der Waals surface area contributed by atoms with E-state index in [1.807, 2.05) is 54.6 Å².